The molecule has 0 atom stereocenters. The molecule has 0 aromatic heterocycles. The zero-order valence-electron chi connectivity index (χ0n) is 15.2. The van der Waals surface area contributed by atoms with E-state index in [4.69, 9.17) is 10.5 Å². The fourth-order valence-corrected chi connectivity index (χ4v) is 3.21. The molecule has 0 bridgehead atoms. The normalized spacial score (nSPS) is 19.7. The van der Waals surface area contributed by atoms with Gasteiger partial charge in [0, 0.05) is 18.8 Å². The third kappa shape index (κ3) is 3.31. The molecule has 0 saturated carbocycles. The van der Waals surface area contributed by atoms with Crippen molar-refractivity contribution in [3.05, 3.63) is 24.3 Å². The van der Waals surface area contributed by atoms with Crippen LogP contribution in [0.5, 0.6) is 0 Å². The minimum absolute atomic E-state index is 0.295. The minimum Gasteiger partial charge on any atom is -0.444 e. The quantitative estimate of drug-likeness (QED) is 0.589. The van der Waals surface area contributed by atoms with Crippen LogP contribution in [0.4, 0.5) is 21.0 Å². The van der Waals surface area contributed by atoms with Crippen LogP contribution in [0.1, 0.15) is 33.6 Å². The summed E-state index contributed by atoms with van der Waals surface area (Å²) < 4.78 is 5.37. The van der Waals surface area contributed by atoms with E-state index >= 15 is 0 Å². The molecule has 4 amide bonds. The number of rotatable bonds is 1. The van der Waals surface area contributed by atoms with Gasteiger partial charge in [0.1, 0.15) is 11.1 Å². The predicted octanol–water partition coefficient (Wildman–Crippen LogP) is 2.09. The second kappa shape index (κ2) is 6.19. The Morgan fingerprint density at radius 2 is 1.73 bits per heavy atom. The molecule has 0 unspecified atom stereocenters. The first-order valence-electron chi connectivity index (χ1n) is 8.61. The van der Waals surface area contributed by atoms with Crippen LogP contribution in [0.25, 0.3) is 0 Å². The smallest absolute Gasteiger partial charge is 0.410 e. The average Bonchev–Trinajstić information content (AvgIpc) is 2.78. The maximum atomic E-state index is 13.0. The highest BCUT2D eigenvalue weighted by molar-refractivity contribution is 6.23. The Kier molecular flexibility index (Phi) is 4.29. The molecule has 26 heavy (non-hydrogen) atoms. The van der Waals surface area contributed by atoms with Gasteiger partial charge in [-0.25, -0.2) is 14.5 Å². The Morgan fingerprint density at radius 1 is 1.15 bits per heavy atom. The lowest BCUT2D eigenvalue weighted by atomic mass is 9.87. The third-order valence-corrected chi connectivity index (χ3v) is 4.58. The fraction of sp³-hybridized carbons (Fsp3) is 0.500. The Labute approximate surface area is 152 Å². The number of hydrogen-bond donors (Lipinski definition) is 2. The van der Waals surface area contributed by atoms with Gasteiger partial charge in [0.15, 0.2) is 0 Å². The standard InChI is InChI=1S/C18H24N4O4/c1-17(2,3)26-16(25)21-10-8-18(9-11-21)14(23)22(15(24)20-18)13-6-4-12(19)5-7-13/h4-7H,8-11,19H2,1-3H3,(H,20,24). The van der Waals surface area contributed by atoms with E-state index in [1.807, 2.05) is 20.8 Å². The van der Waals surface area contributed by atoms with E-state index in [9.17, 15) is 14.4 Å². The first-order chi connectivity index (χ1) is 12.1. The van der Waals surface area contributed by atoms with Gasteiger partial charge in [-0.1, -0.05) is 0 Å². The number of imide groups is 1. The molecule has 1 aromatic carbocycles. The number of ether oxygens (including phenoxy) is 1. The summed E-state index contributed by atoms with van der Waals surface area (Å²) in [6, 6.07) is 6.12. The van der Waals surface area contributed by atoms with Crippen molar-refractivity contribution >= 4 is 29.4 Å². The first kappa shape index (κ1) is 18.0. The van der Waals surface area contributed by atoms with Gasteiger partial charge in [0.05, 0.1) is 5.69 Å². The van der Waals surface area contributed by atoms with Gasteiger partial charge in [-0.3, -0.25) is 4.79 Å². The maximum absolute atomic E-state index is 13.0. The highest BCUT2D eigenvalue weighted by Gasteiger charge is 2.53. The molecule has 1 aromatic rings. The topological polar surface area (TPSA) is 105 Å². The van der Waals surface area contributed by atoms with E-state index in [2.05, 4.69) is 5.32 Å². The second-order valence-electron chi connectivity index (χ2n) is 7.71. The molecular weight excluding hydrogens is 336 g/mol. The van der Waals surface area contributed by atoms with Crippen molar-refractivity contribution in [3.63, 3.8) is 0 Å². The molecule has 3 N–H and O–H groups in total. The number of anilines is 2. The van der Waals surface area contributed by atoms with E-state index < -0.39 is 23.3 Å². The number of benzene rings is 1. The summed E-state index contributed by atoms with van der Waals surface area (Å²) >= 11 is 0. The summed E-state index contributed by atoms with van der Waals surface area (Å²) in [5.41, 5.74) is 5.15. The highest BCUT2D eigenvalue weighted by Crippen LogP contribution is 2.33. The van der Waals surface area contributed by atoms with Crippen LogP contribution in [0.3, 0.4) is 0 Å². The number of carbonyl (C=O) groups is 3. The average molecular weight is 360 g/mol. The summed E-state index contributed by atoms with van der Waals surface area (Å²) in [4.78, 5) is 40.3. The van der Waals surface area contributed by atoms with E-state index in [0.29, 0.717) is 37.3 Å². The number of hydrogen-bond acceptors (Lipinski definition) is 5. The number of carbonyl (C=O) groups excluding carboxylic acids is 3. The number of nitrogens with zero attached hydrogens (tertiary/aromatic N) is 2. The summed E-state index contributed by atoms with van der Waals surface area (Å²) in [6.07, 6.45) is 0.296. The number of urea groups is 1. The number of likely N-dealkylation sites (tertiary alicyclic amines) is 1. The van der Waals surface area contributed by atoms with E-state index in [1.165, 1.54) is 0 Å². The molecule has 2 fully saturated rings. The molecule has 0 aliphatic carbocycles. The van der Waals surface area contributed by atoms with Crippen LogP contribution >= 0.6 is 0 Å². The van der Waals surface area contributed by atoms with Crippen molar-refractivity contribution in [3.8, 4) is 0 Å². The van der Waals surface area contributed by atoms with E-state index in [-0.39, 0.29) is 5.91 Å². The van der Waals surface area contributed by atoms with E-state index in [0.717, 1.165) is 4.90 Å². The van der Waals surface area contributed by atoms with Crippen molar-refractivity contribution in [2.24, 2.45) is 0 Å². The molecule has 0 radical (unpaired) electrons. The van der Waals surface area contributed by atoms with Crippen molar-refractivity contribution in [2.75, 3.05) is 23.7 Å². The molecular formula is C18H24N4O4. The molecule has 8 nitrogen and oxygen atoms in total. The van der Waals surface area contributed by atoms with Gasteiger partial charge in [0.2, 0.25) is 0 Å². The molecule has 2 aliphatic heterocycles. The summed E-state index contributed by atoms with van der Waals surface area (Å²) in [5, 5.41) is 2.82. The number of nitrogen functional groups attached to an aromatic ring is 1. The SMILES string of the molecule is CC(C)(C)OC(=O)N1CCC2(CC1)NC(=O)N(c1ccc(N)cc1)C2=O. The predicted molar refractivity (Wildman–Crippen MR) is 96.6 cm³/mol. The van der Waals surface area contributed by atoms with Crippen molar-refractivity contribution < 1.29 is 19.1 Å². The molecule has 1 spiro atoms. The van der Waals surface area contributed by atoms with Gasteiger partial charge in [-0.05, 0) is 57.9 Å². The number of amides is 4. The fourth-order valence-electron chi connectivity index (χ4n) is 3.21. The summed E-state index contributed by atoms with van der Waals surface area (Å²) in [5.74, 6) is -0.295. The lowest BCUT2D eigenvalue weighted by Gasteiger charge is -2.37. The molecule has 3 rings (SSSR count). The van der Waals surface area contributed by atoms with Crippen LogP contribution in [0.2, 0.25) is 0 Å². The molecule has 2 heterocycles. The Morgan fingerprint density at radius 3 is 2.27 bits per heavy atom. The van der Waals surface area contributed by atoms with Gasteiger partial charge in [-0.15, -0.1) is 0 Å². The molecule has 8 heteroatoms. The van der Waals surface area contributed by atoms with Crippen molar-refractivity contribution in [1.82, 2.24) is 10.2 Å². The zero-order chi connectivity index (χ0) is 19.1. The number of piperidine rings is 1. The van der Waals surface area contributed by atoms with Crippen molar-refractivity contribution in [2.45, 2.75) is 44.8 Å². The maximum Gasteiger partial charge on any atom is 0.410 e. The van der Waals surface area contributed by atoms with Crippen LogP contribution in [0.15, 0.2) is 24.3 Å². The van der Waals surface area contributed by atoms with Crippen LogP contribution in [-0.2, 0) is 9.53 Å². The number of nitrogens with two attached hydrogens (primary N) is 1. The summed E-state index contributed by atoms with van der Waals surface area (Å²) in [7, 11) is 0. The molecule has 140 valence electrons. The van der Waals surface area contributed by atoms with Crippen LogP contribution in [0, 0.1) is 0 Å². The van der Waals surface area contributed by atoms with Crippen LogP contribution in [-0.4, -0.2) is 47.2 Å². The summed E-state index contributed by atoms with van der Waals surface area (Å²) in [6.45, 7) is 6.11. The molecule has 2 saturated heterocycles. The van der Waals surface area contributed by atoms with Gasteiger partial charge >= 0.3 is 12.1 Å². The third-order valence-electron chi connectivity index (χ3n) is 4.58. The minimum atomic E-state index is -0.975. The lowest BCUT2D eigenvalue weighted by molar-refractivity contribution is -0.123. The monoisotopic (exact) mass is 360 g/mol. The largest absolute Gasteiger partial charge is 0.444 e. The van der Waals surface area contributed by atoms with Gasteiger partial charge in [-0.2, -0.15) is 0 Å². The lowest BCUT2D eigenvalue weighted by Crippen LogP contribution is -2.56. The zero-order valence-corrected chi connectivity index (χ0v) is 15.2. The Hall–Kier alpha value is -2.77. The van der Waals surface area contributed by atoms with Gasteiger partial charge < -0.3 is 20.7 Å². The van der Waals surface area contributed by atoms with Gasteiger partial charge in [0.25, 0.3) is 5.91 Å². The second-order valence-corrected chi connectivity index (χ2v) is 7.71. The van der Waals surface area contributed by atoms with Crippen LogP contribution < -0.4 is 16.0 Å². The van der Waals surface area contributed by atoms with Crippen molar-refractivity contribution in [1.29, 1.82) is 0 Å². The van der Waals surface area contributed by atoms with E-state index in [1.54, 1.807) is 29.2 Å². The Bertz CT molecular complexity index is 731. The Balaban J connectivity index is 1.71. The highest BCUT2D eigenvalue weighted by atomic mass is 16.6. The number of nitrogens with one attached hydrogen (secondary N) is 1. The first-order valence-corrected chi connectivity index (χ1v) is 8.61. The molecule has 2 aliphatic rings.